The van der Waals surface area contributed by atoms with Gasteiger partial charge in [-0.2, -0.15) is 13.8 Å². The lowest BCUT2D eigenvalue weighted by molar-refractivity contribution is -0.140. The summed E-state index contributed by atoms with van der Waals surface area (Å²) in [5.74, 6) is -4.52. The highest BCUT2D eigenvalue weighted by molar-refractivity contribution is 6.01. The molecule has 1 aliphatic heterocycles. The summed E-state index contributed by atoms with van der Waals surface area (Å²) < 4.78 is 27.7. The minimum absolute atomic E-state index is 0.0181. The maximum Gasteiger partial charge on any atom is 0.342 e. The monoisotopic (exact) mass is 271 g/mol. The van der Waals surface area contributed by atoms with Crippen LogP contribution in [0.5, 0.6) is 0 Å². The van der Waals surface area contributed by atoms with E-state index < -0.39 is 18.4 Å². The molecule has 104 valence electrons. The van der Waals surface area contributed by atoms with Gasteiger partial charge in [-0.3, -0.25) is 4.79 Å². The van der Waals surface area contributed by atoms with Crippen molar-refractivity contribution < 1.29 is 13.6 Å². The largest absolute Gasteiger partial charge is 0.368 e. The van der Waals surface area contributed by atoms with Crippen LogP contribution in [-0.4, -0.2) is 41.4 Å². The second-order valence-electron chi connectivity index (χ2n) is 4.73. The molecule has 2 heterocycles. The molecular weight excluding hydrogens is 256 g/mol. The quantitative estimate of drug-likeness (QED) is 0.820. The standard InChI is InChI=1S/C11H15F2N5O/c1-6(2)18-5-11(12,13)9(19)17(3)7-4-15-10(14)16-8(7)18/h4,6H,5H2,1-3H3,(H2,14,15,16). The van der Waals surface area contributed by atoms with Gasteiger partial charge in [-0.1, -0.05) is 0 Å². The van der Waals surface area contributed by atoms with E-state index in [0.717, 1.165) is 4.90 Å². The van der Waals surface area contributed by atoms with Gasteiger partial charge in [0, 0.05) is 13.1 Å². The van der Waals surface area contributed by atoms with Crippen molar-refractivity contribution in [1.29, 1.82) is 0 Å². The van der Waals surface area contributed by atoms with Crippen molar-refractivity contribution in [1.82, 2.24) is 9.97 Å². The maximum atomic E-state index is 13.9. The third-order valence-electron chi connectivity index (χ3n) is 3.01. The number of carbonyl (C=O) groups excluding carboxylic acids is 1. The Bertz CT molecular complexity index is 520. The molecule has 0 spiro atoms. The molecule has 0 saturated heterocycles. The van der Waals surface area contributed by atoms with Crippen LogP contribution in [0.3, 0.4) is 0 Å². The number of fused-ring (bicyclic) bond motifs is 1. The number of hydrogen-bond donors (Lipinski definition) is 1. The van der Waals surface area contributed by atoms with Crippen LogP contribution in [0.15, 0.2) is 6.20 Å². The highest BCUT2D eigenvalue weighted by atomic mass is 19.3. The molecule has 1 aromatic rings. The first kappa shape index (κ1) is 13.4. The Labute approximate surface area is 109 Å². The molecule has 1 aliphatic rings. The number of aromatic nitrogens is 2. The Balaban J connectivity index is 2.63. The van der Waals surface area contributed by atoms with Crippen LogP contribution in [0.2, 0.25) is 0 Å². The van der Waals surface area contributed by atoms with Crippen molar-refractivity contribution in [2.24, 2.45) is 0 Å². The number of carbonyl (C=O) groups is 1. The Kier molecular flexibility index (Phi) is 3.03. The van der Waals surface area contributed by atoms with E-state index in [2.05, 4.69) is 9.97 Å². The molecule has 1 aromatic heterocycles. The lowest BCUT2D eigenvalue weighted by atomic mass is 10.2. The van der Waals surface area contributed by atoms with E-state index in [-0.39, 0.29) is 23.5 Å². The van der Waals surface area contributed by atoms with Gasteiger partial charge >= 0.3 is 5.92 Å². The third-order valence-corrected chi connectivity index (χ3v) is 3.01. The van der Waals surface area contributed by atoms with Crippen molar-refractivity contribution in [2.45, 2.75) is 25.8 Å². The average Bonchev–Trinajstić information content (AvgIpc) is 2.39. The first-order chi connectivity index (χ1) is 8.74. The number of anilines is 3. The summed E-state index contributed by atoms with van der Waals surface area (Å²) in [6.45, 7) is 2.76. The van der Waals surface area contributed by atoms with Crippen molar-refractivity contribution in [3.63, 3.8) is 0 Å². The zero-order valence-electron chi connectivity index (χ0n) is 10.9. The minimum atomic E-state index is -3.48. The number of amides is 1. The third kappa shape index (κ3) is 2.18. The summed E-state index contributed by atoms with van der Waals surface area (Å²) in [5, 5.41) is 0. The van der Waals surface area contributed by atoms with Crippen molar-refractivity contribution >= 4 is 23.4 Å². The van der Waals surface area contributed by atoms with E-state index in [9.17, 15) is 13.6 Å². The van der Waals surface area contributed by atoms with Gasteiger partial charge < -0.3 is 15.5 Å². The number of nitrogens with two attached hydrogens (primary N) is 1. The first-order valence-electron chi connectivity index (χ1n) is 5.79. The minimum Gasteiger partial charge on any atom is -0.368 e. The average molecular weight is 271 g/mol. The summed E-state index contributed by atoms with van der Waals surface area (Å²) in [7, 11) is 1.28. The summed E-state index contributed by atoms with van der Waals surface area (Å²) >= 11 is 0. The lowest BCUT2D eigenvalue weighted by Gasteiger charge is -2.28. The van der Waals surface area contributed by atoms with E-state index in [1.807, 2.05) is 0 Å². The molecule has 0 bridgehead atoms. The molecule has 19 heavy (non-hydrogen) atoms. The predicted octanol–water partition coefficient (Wildman–Crippen LogP) is 0.885. The van der Waals surface area contributed by atoms with Gasteiger partial charge in [-0.15, -0.1) is 0 Å². The zero-order chi connectivity index (χ0) is 14.4. The van der Waals surface area contributed by atoms with E-state index in [0.29, 0.717) is 0 Å². The van der Waals surface area contributed by atoms with Crippen LogP contribution in [0.4, 0.5) is 26.2 Å². The fourth-order valence-corrected chi connectivity index (χ4v) is 1.97. The number of alkyl halides is 2. The number of hydrogen-bond acceptors (Lipinski definition) is 5. The number of halogens is 2. The number of nitrogen functional groups attached to an aromatic ring is 1. The fraction of sp³-hybridized carbons (Fsp3) is 0.545. The maximum absolute atomic E-state index is 13.9. The van der Waals surface area contributed by atoms with Gasteiger partial charge in [-0.05, 0) is 13.8 Å². The fourth-order valence-electron chi connectivity index (χ4n) is 1.97. The topological polar surface area (TPSA) is 75.4 Å². The van der Waals surface area contributed by atoms with Crippen LogP contribution >= 0.6 is 0 Å². The van der Waals surface area contributed by atoms with Crippen LogP contribution in [-0.2, 0) is 4.79 Å². The summed E-state index contributed by atoms with van der Waals surface area (Å²) in [6.07, 6.45) is 1.28. The van der Waals surface area contributed by atoms with Gasteiger partial charge in [0.05, 0.1) is 12.7 Å². The summed E-state index contributed by atoms with van der Waals surface area (Å²) in [5.41, 5.74) is 5.73. The second kappa shape index (κ2) is 4.29. The molecule has 8 heteroatoms. The molecule has 0 saturated carbocycles. The van der Waals surface area contributed by atoms with Gasteiger partial charge in [0.15, 0.2) is 5.82 Å². The lowest BCUT2D eigenvalue weighted by Crippen LogP contribution is -2.47. The van der Waals surface area contributed by atoms with Crippen molar-refractivity contribution in [3.05, 3.63) is 6.20 Å². The van der Waals surface area contributed by atoms with Gasteiger partial charge in [0.1, 0.15) is 5.69 Å². The highest BCUT2D eigenvalue weighted by Gasteiger charge is 2.47. The van der Waals surface area contributed by atoms with Gasteiger partial charge in [0.25, 0.3) is 5.91 Å². The molecule has 0 aromatic carbocycles. The van der Waals surface area contributed by atoms with Crippen molar-refractivity contribution in [2.75, 3.05) is 29.1 Å². The highest BCUT2D eigenvalue weighted by Crippen LogP contribution is 2.35. The van der Waals surface area contributed by atoms with Crippen LogP contribution in [0, 0.1) is 0 Å². The smallest absolute Gasteiger partial charge is 0.342 e. The molecule has 0 unspecified atom stereocenters. The Morgan fingerprint density at radius 2 is 2.11 bits per heavy atom. The van der Waals surface area contributed by atoms with Crippen molar-refractivity contribution in [3.8, 4) is 0 Å². The van der Waals surface area contributed by atoms with E-state index >= 15 is 0 Å². The van der Waals surface area contributed by atoms with E-state index in [1.165, 1.54) is 18.1 Å². The molecule has 0 aliphatic carbocycles. The van der Waals surface area contributed by atoms with Crippen LogP contribution in [0.1, 0.15) is 13.8 Å². The second-order valence-corrected chi connectivity index (χ2v) is 4.73. The van der Waals surface area contributed by atoms with E-state index in [4.69, 9.17) is 5.73 Å². The number of rotatable bonds is 1. The number of nitrogens with zero attached hydrogens (tertiary/aromatic N) is 4. The van der Waals surface area contributed by atoms with E-state index in [1.54, 1.807) is 13.8 Å². The summed E-state index contributed by atoms with van der Waals surface area (Å²) in [6, 6.07) is -0.252. The van der Waals surface area contributed by atoms with Gasteiger partial charge in [0.2, 0.25) is 5.95 Å². The van der Waals surface area contributed by atoms with Gasteiger partial charge in [-0.25, -0.2) is 4.98 Å². The molecule has 0 fully saturated rings. The molecular formula is C11H15F2N5O. The van der Waals surface area contributed by atoms with Crippen LogP contribution < -0.4 is 15.5 Å². The Morgan fingerprint density at radius 1 is 1.47 bits per heavy atom. The normalized spacial score (nSPS) is 18.5. The molecule has 6 nitrogen and oxygen atoms in total. The molecule has 0 radical (unpaired) electrons. The Morgan fingerprint density at radius 3 is 2.68 bits per heavy atom. The predicted molar refractivity (Wildman–Crippen MR) is 67.3 cm³/mol. The molecule has 0 atom stereocenters. The SMILES string of the molecule is CC(C)N1CC(F)(F)C(=O)N(C)c2cnc(N)nc21. The van der Waals surface area contributed by atoms with Crippen LogP contribution in [0.25, 0.3) is 0 Å². The zero-order valence-corrected chi connectivity index (χ0v) is 10.9. The summed E-state index contributed by atoms with van der Waals surface area (Å²) in [4.78, 5) is 21.7. The molecule has 2 rings (SSSR count). The molecule has 2 N–H and O–H groups in total. The Hall–Kier alpha value is -1.99. The first-order valence-corrected chi connectivity index (χ1v) is 5.79. The molecule has 1 amide bonds.